The van der Waals surface area contributed by atoms with Crippen LogP contribution in [-0.4, -0.2) is 23.3 Å². The van der Waals surface area contributed by atoms with E-state index in [4.69, 9.17) is 28.8 Å². The van der Waals surface area contributed by atoms with Crippen molar-refractivity contribution in [1.29, 1.82) is 0 Å². The van der Waals surface area contributed by atoms with E-state index in [2.05, 4.69) is 4.98 Å². The summed E-state index contributed by atoms with van der Waals surface area (Å²) in [5.74, 6) is -0.904. The molecular weight excluding hydrogens is 342 g/mol. The molecule has 0 saturated heterocycles. The van der Waals surface area contributed by atoms with Crippen LogP contribution in [0, 0.1) is 10.2 Å². The quantitative estimate of drug-likeness (QED) is 0.599. The standard InChI is InChI=1S/C14H11NO2.CH4O.ClHO4/c16-14(17)13-5-3-11(4-6-13)1-2-12-7-9-15-10-8-12;1-2;2-1(3,4)5/h1-10H,(H,16,17);2H,1H3;(H,2,3,4,5)/b2-1+;;. The Kier molecular flexibility index (Phi) is 10.2. The van der Waals surface area contributed by atoms with Gasteiger partial charge in [0.15, 0.2) is 12.4 Å². The molecular formula is C15H16ClNO7. The number of H-pyrrole nitrogens is 1. The van der Waals surface area contributed by atoms with Gasteiger partial charge in [-0.15, -0.1) is 10.2 Å². The van der Waals surface area contributed by atoms with Crippen molar-refractivity contribution in [1.82, 2.24) is 0 Å². The molecule has 3 N–H and O–H groups in total. The zero-order valence-electron chi connectivity index (χ0n) is 12.6. The summed E-state index contributed by atoms with van der Waals surface area (Å²) in [6.45, 7) is 0. The molecule has 0 aliphatic rings. The predicted molar refractivity (Wildman–Crippen MR) is 73.5 cm³/mol. The van der Waals surface area contributed by atoms with E-state index in [1.165, 1.54) is 0 Å². The van der Waals surface area contributed by atoms with Crippen molar-refractivity contribution >= 4 is 18.1 Å². The van der Waals surface area contributed by atoms with E-state index in [1.54, 1.807) is 24.3 Å². The molecule has 0 saturated carbocycles. The van der Waals surface area contributed by atoms with Crippen molar-refractivity contribution in [3.63, 3.8) is 0 Å². The molecule has 0 atom stereocenters. The summed E-state index contributed by atoms with van der Waals surface area (Å²) in [5.41, 5.74) is 2.37. The zero-order valence-corrected chi connectivity index (χ0v) is 13.3. The number of aliphatic hydroxyl groups is 1. The van der Waals surface area contributed by atoms with Crippen LogP contribution in [0.4, 0.5) is 0 Å². The summed E-state index contributed by atoms with van der Waals surface area (Å²) < 4.78 is 34.0. The number of rotatable bonds is 3. The molecule has 0 amide bonds. The Labute approximate surface area is 140 Å². The molecule has 8 nitrogen and oxygen atoms in total. The summed E-state index contributed by atoms with van der Waals surface area (Å²) in [7, 11) is -3.94. The maximum Gasteiger partial charge on any atom is 0.335 e. The fourth-order valence-corrected chi connectivity index (χ4v) is 1.44. The van der Waals surface area contributed by atoms with Crippen molar-refractivity contribution < 1.29 is 48.9 Å². The van der Waals surface area contributed by atoms with Gasteiger partial charge in [-0.05, 0) is 23.3 Å². The van der Waals surface area contributed by atoms with E-state index in [-0.39, 0.29) is 0 Å². The number of benzene rings is 1. The van der Waals surface area contributed by atoms with Crippen molar-refractivity contribution in [3.8, 4) is 0 Å². The average Bonchev–Trinajstić information content (AvgIpc) is 2.55. The van der Waals surface area contributed by atoms with Crippen LogP contribution in [0.1, 0.15) is 21.5 Å². The fourth-order valence-electron chi connectivity index (χ4n) is 1.44. The molecule has 0 radical (unpaired) electrons. The number of hydrogen-bond donors (Lipinski definition) is 2. The Morgan fingerprint density at radius 3 is 1.67 bits per heavy atom. The lowest BCUT2D eigenvalue weighted by Gasteiger charge is -2.17. The molecule has 1 aromatic heterocycles. The minimum absolute atomic E-state index is 0.302. The second-order valence-electron chi connectivity index (χ2n) is 3.97. The van der Waals surface area contributed by atoms with Crippen LogP contribution in [0.5, 0.6) is 0 Å². The Morgan fingerprint density at radius 2 is 1.29 bits per heavy atom. The zero-order chi connectivity index (χ0) is 18.6. The summed E-state index contributed by atoms with van der Waals surface area (Å²) in [6.07, 6.45) is 7.63. The first kappa shape index (κ1) is 21.7. The largest absolute Gasteiger partial charge is 0.478 e. The number of carboxylic acid groups (broad SMARTS) is 1. The monoisotopic (exact) mass is 357 g/mol. The van der Waals surface area contributed by atoms with E-state index >= 15 is 0 Å². The number of aromatic nitrogens is 1. The summed E-state index contributed by atoms with van der Waals surface area (Å²) in [6, 6.07) is 10.7. The molecule has 1 heterocycles. The molecule has 0 aliphatic heterocycles. The summed E-state index contributed by atoms with van der Waals surface area (Å²) in [5, 5.41) is 15.8. The number of carboxylic acids is 1. The van der Waals surface area contributed by atoms with E-state index in [1.807, 2.05) is 36.7 Å². The lowest BCUT2D eigenvalue weighted by Crippen LogP contribution is -2.68. The highest BCUT2D eigenvalue weighted by molar-refractivity contribution is 5.88. The van der Waals surface area contributed by atoms with Crippen molar-refractivity contribution in [2.45, 2.75) is 0 Å². The first-order valence-electron chi connectivity index (χ1n) is 6.30. The second kappa shape index (κ2) is 11.2. The Morgan fingerprint density at radius 1 is 0.917 bits per heavy atom. The lowest BCUT2D eigenvalue weighted by atomic mass is 10.1. The van der Waals surface area contributed by atoms with Crippen LogP contribution >= 0.6 is 0 Å². The number of pyridine rings is 1. The highest BCUT2D eigenvalue weighted by Gasteiger charge is 1.99. The van der Waals surface area contributed by atoms with Crippen LogP contribution < -0.4 is 23.6 Å². The van der Waals surface area contributed by atoms with E-state index in [0.717, 1.165) is 18.2 Å². The van der Waals surface area contributed by atoms with E-state index in [0.29, 0.717) is 5.56 Å². The molecule has 0 aliphatic carbocycles. The first-order valence-corrected chi connectivity index (χ1v) is 7.53. The minimum Gasteiger partial charge on any atom is -0.478 e. The highest BCUT2D eigenvalue weighted by atomic mass is 35.7. The smallest absolute Gasteiger partial charge is 0.335 e. The fraction of sp³-hybridized carbons (Fsp3) is 0.0667. The van der Waals surface area contributed by atoms with Gasteiger partial charge in [-0.3, -0.25) is 0 Å². The highest BCUT2D eigenvalue weighted by Crippen LogP contribution is 2.08. The third kappa shape index (κ3) is 11.3. The average molecular weight is 358 g/mol. The SMILES string of the molecule is CO.O=C(O)c1ccc(/C=C/c2cc[nH+]cc2)cc1.[O-][Cl+3]([O-])([O-])[O-]. The third-order valence-corrected chi connectivity index (χ3v) is 2.37. The molecule has 0 fully saturated rings. The number of halogens is 1. The Hall–Kier alpha value is -2.33. The minimum atomic E-state index is -4.94. The molecule has 0 unspecified atom stereocenters. The van der Waals surface area contributed by atoms with Crippen LogP contribution in [0.3, 0.4) is 0 Å². The van der Waals surface area contributed by atoms with Gasteiger partial charge in [0.25, 0.3) is 0 Å². The van der Waals surface area contributed by atoms with Gasteiger partial charge in [-0.25, -0.2) is 28.4 Å². The summed E-state index contributed by atoms with van der Waals surface area (Å²) >= 11 is 0. The molecule has 130 valence electrons. The number of aliphatic hydroxyl groups excluding tert-OH is 1. The van der Waals surface area contributed by atoms with Crippen molar-refractivity contribution in [2.75, 3.05) is 7.11 Å². The van der Waals surface area contributed by atoms with Crippen LogP contribution in [0.15, 0.2) is 48.8 Å². The molecule has 24 heavy (non-hydrogen) atoms. The number of nitrogens with one attached hydrogen (secondary N) is 1. The lowest BCUT2D eigenvalue weighted by molar-refractivity contribution is -2.00. The molecule has 0 spiro atoms. The number of aromatic carboxylic acids is 1. The second-order valence-corrected chi connectivity index (χ2v) is 4.73. The normalized spacial score (nSPS) is 10.2. The molecule has 9 heteroatoms. The van der Waals surface area contributed by atoms with Gasteiger partial charge in [0.05, 0.1) is 5.56 Å². The van der Waals surface area contributed by atoms with Crippen LogP contribution in [0.25, 0.3) is 12.2 Å². The number of carbonyl (C=O) groups is 1. The third-order valence-electron chi connectivity index (χ3n) is 2.37. The van der Waals surface area contributed by atoms with E-state index < -0.39 is 16.2 Å². The number of aromatic amines is 1. The van der Waals surface area contributed by atoms with Gasteiger partial charge in [0.2, 0.25) is 0 Å². The molecule has 0 bridgehead atoms. The van der Waals surface area contributed by atoms with Gasteiger partial charge in [-0.1, -0.05) is 24.3 Å². The van der Waals surface area contributed by atoms with E-state index in [9.17, 15) is 4.79 Å². The Bertz CT molecular complexity index is 619. The molecule has 2 rings (SSSR count). The number of hydrogen-bond acceptors (Lipinski definition) is 6. The van der Waals surface area contributed by atoms with Crippen molar-refractivity contribution in [3.05, 3.63) is 65.5 Å². The van der Waals surface area contributed by atoms with Gasteiger partial charge in [-0.2, -0.15) is 0 Å². The maximum absolute atomic E-state index is 10.7. The van der Waals surface area contributed by atoms with Crippen LogP contribution in [0.2, 0.25) is 0 Å². The Balaban J connectivity index is 0.000000650. The van der Waals surface area contributed by atoms with Gasteiger partial charge >= 0.3 is 5.97 Å². The maximum atomic E-state index is 10.7. The molecule has 1 aromatic carbocycles. The van der Waals surface area contributed by atoms with Gasteiger partial charge < -0.3 is 10.2 Å². The van der Waals surface area contributed by atoms with Crippen LogP contribution in [-0.2, 0) is 0 Å². The van der Waals surface area contributed by atoms with Gasteiger partial charge in [0.1, 0.15) is 0 Å². The molecule has 2 aromatic rings. The summed E-state index contributed by atoms with van der Waals surface area (Å²) in [4.78, 5) is 13.6. The predicted octanol–water partition coefficient (Wildman–Crippen LogP) is -2.78. The van der Waals surface area contributed by atoms with Crippen molar-refractivity contribution in [2.24, 2.45) is 0 Å². The van der Waals surface area contributed by atoms with Gasteiger partial charge in [0, 0.05) is 19.2 Å². The first-order chi connectivity index (χ1) is 11.3. The topological polar surface area (TPSA) is 164 Å².